The number of carbonyl (C=O) groups is 1. The van der Waals surface area contributed by atoms with Gasteiger partial charge in [0, 0.05) is 18.2 Å². The minimum atomic E-state index is -3.31. The van der Waals surface area contributed by atoms with Crippen molar-refractivity contribution in [3.8, 4) is 0 Å². The maximum absolute atomic E-state index is 12.4. The van der Waals surface area contributed by atoms with Gasteiger partial charge >= 0.3 is 0 Å². The van der Waals surface area contributed by atoms with Crippen LogP contribution in [0.2, 0.25) is 0 Å². The first-order valence-corrected chi connectivity index (χ1v) is 10.7. The van der Waals surface area contributed by atoms with Crippen molar-refractivity contribution >= 4 is 21.6 Å². The van der Waals surface area contributed by atoms with Crippen molar-refractivity contribution in [1.29, 1.82) is 0 Å². The van der Waals surface area contributed by atoms with Crippen molar-refractivity contribution in [1.82, 2.24) is 5.32 Å². The quantitative estimate of drug-likeness (QED) is 0.793. The van der Waals surface area contributed by atoms with Gasteiger partial charge in [-0.05, 0) is 55.5 Å². The molecule has 0 radical (unpaired) electrons. The number of carbonyl (C=O) groups excluding carboxylic acids is 1. The molecule has 1 N–H and O–H groups in total. The zero-order valence-corrected chi connectivity index (χ0v) is 15.9. The van der Waals surface area contributed by atoms with Gasteiger partial charge in [-0.1, -0.05) is 30.3 Å². The number of aryl methyl sites for hydroxylation is 1. The fourth-order valence-corrected chi connectivity index (χ4v) is 4.75. The smallest absolute Gasteiger partial charge is 0.251 e. The van der Waals surface area contributed by atoms with E-state index in [0.29, 0.717) is 24.2 Å². The van der Waals surface area contributed by atoms with Crippen molar-refractivity contribution < 1.29 is 13.2 Å². The zero-order chi connectivity index (χ0) is 18.7. The van der Waals surface area contributed by atoms with Crippen molar-refractivity contribution in [2.24, 2.45) is 0 Å². The Hall–Kier alpha value is -2.34. The largest absolute Gasteiger partial charge is 0.352 e. The lowest BCUT2D eigenvalue weighted by molar-refractivity contribution is 0.0953. The number of nitrogens with zero attached hydrogens (tertiary/aromatic N) is 1. The van der Waals surface area contributed by atoms with Crippen LogP contribution in [0, 0.1) is 0 Å². The third-order valence-corrected chi connectivity index (χ3v) is 5.89. The van der Waals surface area contributed by atoms with Gasteiger partial charge in [-0.15, -0.1) is 0 Å². The molecule has 0 bridgehead atoms. The van der Waals surface area contributed by atoms with E-state index in [1.165, 1.54) is 16.1 Å². The summed E-state index contributed by atoms with van der Waals surface area (Å²) in [6.45, 7) is 2.49. The Bertz CT molecular complexity index is 895. The molecule has 2 aromatic rings. The summed E-state index contributed by atoms with van der Waals surface area (Å²) in [4.78, 5) is 12.4. The van der Waals surface area contributed by atoms with Gasteiger partial charge in [0.1, 0.15) is 0 Å². The van der Waals surface area contributed by atoms with E-state index in [1.54, 1.807) is 12.1 Å². The van der Waals surface area contributed by atoms with Crippen molar-refractivity contribution in [2.45, 2.75) is 32.2 Å². The molecule has 1 aliphatic rings. The molecule has 1 atom stereocenters. The highest BCUT2D eigenvalue weighted by Crippen LogP contribution is 2.34. The molecule has 0 fully saturated rings. The third kappa shape index (κ3) is 4.07. The van der Waals surface area contributed by atoms with Crippen LogP contribution in [0.25, 0.3) is 0 Å². The second kappa shape index (κ2) is 7.50. The molecule has 6 heteroatoms. The molecule has 1 amide bonds. The summed E-state index contributed by atoms with van der Waals surface area (Å²) in [5.74, 6) is -0.119. The number of anilines is 1. The highest BCUT2D eigenvalue weighted by molar-refractivity contribution is 7.92. The van der Waals surface area contributed by atoms with E-state index in [9.17, 15) is 13.2 Å². The third-order valence-electron chi connectivity index (χ3n) is 4.62. The standard InChI is InChI=1S/C20H24N2O3S/c1-15-13-18-14-17(10-11-19(18)22(15)26(2,24)25)20(23)21-12-6-9-16-7-4-3-5-8-16/h3-5,7-8,10-11,14-15H,6,9,12-13H2,1-2H3,(H,21,23)/t15-/m1/s1. The van der Waals surface area contributed by atoms with Crippen molar-refractivity contribution in [3.05, 3.63) is 65.2 Å². The minimum absolute atomic E-state index is 0.119. The van der Waals surface area contributed by atoms with Crippen LogP contribution in [-0.2, 0) is 22.9 Å². The monoisotopic (exact) mass is 372 g/mol. The highest BCUT2D eigenvalue weighted by Gasteiger charge is 2.32. The van der Waals surface area contributed by atoms with Crippen LogP contribution in [0.1, 0.15) is 34.8 Å². The number of hydrogen-bond acceptors (Lipinski definition) is 3. The summed E-state index contributed by atoms with van der Waals surface area (Å²) >= 11 is 0. The fraction of sp³-hybridized carbons (Fsp3) is 0.350. The number of fused-ring (bicyclic) bond motifs is 1. The van der Waals surface area contributed by atoms with Gasteiger partial charge < -0.3 is 5.32 Å². The van der Waals surface area contributed by atoms with Crippen LogP contribution in [0.4, 0.5) is 5.69 Å². The molecule has 1 heterocycles. The van der Waals surface area contributed by atoms with Gasteiger partial charge in [0.2, 0.25) is 10.0 Å². The molecule has 0 saturated heterocycles. The first-order chi connectivity index (χ1) is 12.4. The first kappa shape index (κ1) is 18.5. The van der Waals surface area contributed by atoms with Crippen LogP contribution in [-0.4, -0.2) is 33.2 Å². The summed E-state index contributed by atoms with van der Waals surface area (Å²) in [5, 5.41) is 2.94. The van der Waals surface area contributed by atoms with E-state index < -0.39 is 10.0 Å². The van der Waals surface area contributed by atoms with Crippen LogP contribution in [0.5, 0.6) is 0 Å². The number of hydrogen-bond donors (Lipinski definition) is 1. The van der Waals surface area contributed by atoms with E-state index in [2.05, 4.69) is 17.4 Å². The molecule has 26 heavy (non-hydrogen) atoms. The van der Waals surface area contributed by atoms with Gasteiger partial charge in [-0.2, -0.15) is 0 Å². The number of amides is 1. The Morgan fingerprint density at radius 1 is 1.19 bits per heavy atom. The molecular formula is C20H24N2O3S. The Kier molecular flexibility index (Phi) is 5.32. The van der Waals surface area contributed by atoms with Gasteiger partial charge in [0.05, 0.1) is 11.9 Å². The lowest BCUT2D eigenvalue weighted by Crippen LogP contribution is -2.34. The summed E-state index contributed by atoms with van der Waals surface area (Å²) < 4.78 is 25.4. The van der Waals surface area contributed by atoms with E-state index in [1.807, 2.05) is 31.2 Å². The number of rotatable bonds is 6. The summed E-state index contributed by atoms with van der Waals surface area (Å²) in [6.07, 6.45) is 3.63. The Morgan fingerprint density at radius 2 is 1.92 bits per heavy atom. The molecule has 0 aromatic heterocycles. The second-order valence-electron chi connectivity index (χ2n) is 6.80. The Balaban J connectivity index is 1.60. The number of sulfonamides is 1. The predicted molar refractivity (Wildman–Crippen MR) is 104 cm³/mol. The Labute approximate surface area is 155 Å². The molecular weight excluding hydrogens is 348 g/mol. The lowest BCUT2D eigenvalue weighted by Gasteiger charge is -2.21. The number of nitrogens with one attached hydrogen (secondary N) is 1. The maximum atomic E-state index is 12.4. The lowest BCUT2D eigenvalue weighted by atomic mass is 10.1. The maximum Gasteiger partial charge on any atom is 0.251 e. The molecule has 0 spiro atoms. The predicted octanol–water partition coefficient (Wildman–Crippen LogP) is 2.76. The first-order valence-electron chi connectivity index (χ1n) is 8.81. The number of benzene rings is 2. The summed E-state index contributed by atoms with van der Waals surface area (Å²) in [7, 11) is -3.31. The van der Waals surface area contributed by atoms with Gasteiger partial charge in [-0.25, -0.2) is 8.42 Å². The van der Waals surface area contributed by atoms with E-state index in [0.717, 1.165) is 18.4 Å². The van der Waals surface area contributed by atoms with E-state index >= 15 is 0 Å². The molecule has 2 aromatic carbocycles. The summed E-state index contributed by atoms with van der Waals surface area (Å²) in [5.41, 5.74) is 3.42. The molecule has 0 aliphatic carbocycles. The molecule has 5 nitrogen and oxygen atoms in total. The van der Waals surface area contributed by atoms with Crippen LogP contribution in [0.3, 0.4) is 0 Å². The van der Waals surface area contributed by atoms with Crippen molar-refractivity contribution in [2.75, 3.05) is 17.1 Å². The van der Waals surface area contributed by atoms with E-state index in [-0.39, 0.29) is 11.9 Å². The topological polar surface area (TPSA) is 66.5 Å². The molecule has 3 rings (SSSR count). The van der Waals surface area contributed by atoms with Crippen LogP contribution >= 0.6 is 0 Å². The normalized spacial score (nSPS) is 16.4. The van der Waals surface area contributed by atoms with Crippen LogP contribution in [0.15, 0.2) is 48.5 Å². The van der Waals surface area contributed by atoms with E-state index in [4.69, 9.17) is 0 Å². The second-order valence-corrected chi connectivity index (χ2v) is 8.66. The fourth-order valence-electron chi connectivity index (χ4n) is 3.49. The molecule has 0 unspecified atom stereocenters. The molecule has 1 aliphatic heterocycles. The van der Waals surface area contributed by atoms with Gasteiger partial charge in [-0.3, -0.25) is 9.10 Å². The zero-order valence-electron chi connectivity index (χ0n) is 15.1. The molecule has 0 saturated carbocycles. The highest BCUT2D eigenvalue weighted by atomic mass is 32.2. The minimum Gasteiger partial charge on any atom is -0.352 e. The Morgan fingerprint density at radius 3 is 2.62 bits per heavy atom. The average molecular weight is 372 g/mol. The average Bonchev–Trinajstić information content (AvgIpc) is 2.94. The summed E-state index contributed by atoms with van der Waals surface area (Å²) in [6, 6.07) is 15.3. The van der Waals surface area contributed by atoms with Crippen molar-refractivity contribution in [3.63, 3.8) is 0 Å². The van der Waals surface area contributed by atoms with Gasteiger partial charge in [0.15, 0.2) is 0 Å². The molecule has 138 valence electrons. The SMILES string of the molecule is C[C@@H]1Cc2cc(C(=O)NCCCc3ccccc3)ccc2N1S(C)(=O)=O. The van der Waals surface area contributed by atoms with Crippen LogP contribution < -0.4 is 9.62 Å². The van der Waals surface area contributed by atoms with Gasteiger partial charge in [0.25, 0.3) is 5.91 Å².